The van der Waals surface area contributed by atoms with E-state index in [0.29, 0.717) is 16.5 Å². The number of aryl methyl sites for hydroxylation is 1. The largest absolute Gasteiger partial charge is 0.338 e. The maximum atomic E-state index is 12.7. The standard InChI is InChI=1S/C17H19ClN2O/c1-11-4-3-7-20(10-11)17(21)15-8-13-5-6-14(18)9-16(13)19-12(15)2/h5-6,8-9,11H,3-4,7,10H2,1-2H3. The first kappa shape index (κ1) is 14.3. The Kier molecular flexibility index (Phi) is 3.85. The number of piperidine rings is 1. The summed E-state index contributed by atoms with van der Waals surface area (Å²) in [4.78, 5) is 19.2. The zero-order valence-electron chi connectivity index (χ0n) is 12.4. The van der Waals surface area contributed by atoms with Crippen molar-refractivity contribution >= 4 is 28.4 Å². The molecule has 1 unspecified atom stereocenters. The van der Waals surface area contributed by atoms with Gasteiger partial charge in [0, 0.05) is 23.5 Å². The molecule has 2 aromatic rings. The number of rotatable bonds is 1. The lowest BCUT2D eigenvalue weighted by molar-refractivity contribution is 0.0682. The van der Waals surface area contributed by atoms with Gasteiger partial charge < -0.3 is 4.90 Å². The average Bonchev–Trinajstić information content (AvgIpc) is 2.45. The number of pyridine rings is 1. The lowest BCUT2D eigenvalue weighted by Gasteiger charge is -2.31. The summed E-state index contributed by atoms with van der Waals surface area (Å²) in [5.41, 5.74) is 2.32. The molecule has 3 rings (SSSR count). The second kappa shape index (κ2) is 5.64. The van der Waals surface area contributed by atoms with E-state index >= 15 is 0 Å². The van der Waals surface area contributed by atoms with E-state index in [-0.39, 0.29) is 5.91 Å². The molecule has 110 valence electrons. The Morgan fingerprint density at radius 2 is 2.19 bits per heavy atom. The van der Waals surface area contributed by atoms with Crippen molar-refractivity contribution in [1.29, 1.82) is 0 Å². The van der Waals surface area contributed by atoms with Crippen LogP contribution < -0.4 is 0 Å². The van der Waals surface area contributed by atoms with Gasteiger partial charge in [0.1, 0.15) is 0 Å². The van der Waals surface area contributed by atoms with Gasteiger partial charge in [-0.3, -0.25) is 9.78 Å². The van der Waals surface area contributed by atoms with Crippen LogP contribution in [0.25, 0.3) is 10.9 Å². The molecule has 0 bridgehead atoms. The van der Waals surface area contributed by atoms with Gasteiger partial charge in [-0.15, -0.1) is 0 Å². The minimum Gasteiger partial charge on any atom is -0.338 e. The molecular formula is C17H19ClN2O. The Morgan fingerprint density at radius 1 is 1.38 bits per heavy atom. The lowest BCUT2D eigenvalue weighted by Crippen LogP contribution is -2.39. The van der Waals surface area contributed by atoms with E-state index in [0.717, 1.165) is 36.1 Å². The molecule has 0 N–H and O–H groups in total. The summed E-state index contributed by atoms with van der Waals surface area (Å²) in [6, 6.07) is 7.52. The number of hydrogen-bond donors (Lipinski definition) is 0. The predicted molar refractivity (Wildman–Crippen MR) is 85.8 cm³/mol. The maximum Gasteiger partial charge on any atom is 0.255 e. The fraction of sp³-hybridized carbons (Fsp3) is 0.412. The third-order valence-electron chi connectivity index (χ3n) is 4.14. The van der Waals surface area contributed by atoms with Crippen LogP contribution in [0.2, 0.25) is 5.02 Å². The zero-order valence-corrected chi connectivity index (χ0v) is 13.2. The Labute approximate surface area is 129 Å². The van der Waals surface area contributed by atoms with E-state index in [1.54, 1.807) is 0 Å². The molecule has 2 heterocycles. The van der Waals surface area contributed by atoms with Gasteiger partial charge in [0.15, 0.2) is 0 Å². The Hall–Kier alpha value is -1.61. The van der Waals surface area contributed by atoms with Crippen LogP contribution >= 0.6 is 11.6 Å². The molecule has 3 nitrogen and oxygen atoms in total. The molecule has 21 heavy (non-hydrogen) atoms. The molecule has 1 amide bonds. The van der Waals surface area contributed by atoms with Gasteiger partial charge in [-0.2, -0.15) is 0 Å². The van der Waals surface area contributed by atoms with Gasteiger partial charge in [0.05, 0.1) is 16.8 Å². The van der Waals surface area contributed by atoms with E-state index in [4.69, 9.17) is 11.6 Å². The Bertz CT molecular complexity index is 698. The van der Waals surface area contributed by atoms with E-state index in [9.17, 15) is 4.79 Å². The molecule has 1 fully saturated rings. The summed E-state index contributed by atoms with van der Waals surface area (Å²) in [5, 5.41) is 1.62. The smallest absolute Gasteiger partial charge is 0.255 e. The zero-order chi connectivity index (χ0) is 15.0. The number of amides is 1. The molecule has 1 aromatic carbocycles. The lowest BCUT2D eigenvalue weighted by atomic mass is 9.99. The molecule has 1 aromatic heterocycles. The molecule has 4 heteroatoms. The number of carbonyl (C=O) groups is 1. The van der Waals surface area contributed by atoms with Crippen LogP contribution in [-0.4, -0.2) is 28.9 Å². The summed E-state index contributed by atoms with van der Waals surface area (Å²) < 4.78 is 0. The van der Waals surface area contributed by atoms with Gasteiger partial charge in [0.25, 0.3) is 5.91 Å². The summed E-state index contributed by atoms with van der Waals surface area (Å²) in [5.74, 6) is 0.679. The maximum absolute atomic E-state index is 12.7. The third-order valence-corrected chi connectivity index (χ3v) is 4.38. The minimum absolute atomic E-state index is 0.100. The average molecular weight is 303 g/mol. The van der Waals surface area contributed by atoms with Crippen LogP contribution in [0.1, 0.15) is 35.8 Å². The van der Waals surface area contributed by atoms with E-state index in [2.05, 4.69) is 11.9 Å². The number of carbonyl (C=O) groups excluding carboxylic acids is 1. The van der Waals surface area contributed by atoms with Gasteiger partial charge in [-0.25, -0.2) is 0 Å². The molecule has 0 saturated carbocycles. The molecule has 0 radical (unpaired) electrons. The van der Waals surface area contributed by atoms with Crippen molar-refractivity contribution in [1.82, 2.24) is 9.88 Å². The summed E-state index contributed by atoms with van der Waals surface area (Å²) in [6.07, 6.45) is 2.29. The Morgan fingerprint density at radius 3 is 2.95 bits per heavy atom. The van der Waals surface area contributed by atoms with E-state index < -0.39 is 0 Å². The molecule has 0 spiro atoms. The van der Waals surface area contributed by atoms with Gasteiger partial charge in [0.2, 0.25) is 0 Å². The van der Waals surface area contributed by atoms with Crippen LogP contribution in [0.3, 0.4) is 0 Å². The molecule has 1 aliphatic heterocycles. The highest BCUT2D eigenvalue weighted by Gasteiger charge is 2.23. The van der Waals surface area contributed by atoms with Crippen molar-refractivity contribution in [3.63, 3.8) is 0 Å². The molecule has 1 atom stereocenters. The highest BCUT2D eigenvalue weighted by atomic mass is 35.5. The number of aromatic nitrogens is 1. The fourth-order valence-electron chi connectivity index (χ4n) is 3.00. The normalized spacial score (nSPS) is 19.0. The molecule has 0 aliphatic carbocycles. The number of nitrogens with zero attached hydrogens (tertiary/aromatic N) is 2. The van der Waals surface area contributed by atoms with Crippen LogP contribution in [0.4, 0.5) is 0 Å². The predicted octanol–water partition coefficient (Wildman–Crippen LogP) is 4.07. The van der Waals surface area contributed by atoms with Crippen molar-refractivity contribution in [3.8, 4) is 0 Å². The second-order valence-corrected chi connectivity index (χ2v) is 6.39. The van der Waals surface area contributed by atoms with Crippen molar-refractivity contribution in [2.45, 2.75) is 26.7 Å². The highest BCUT2D eigenvalue weighted by Crippen LogP contribution is 2.23. The topological polar surface area (TPSA) is 33.2 Å². The van der Waals surface area contributed by atoms with Gasteiger partial charge in [-0.05, 0) is 43.9 Å². The Balaban J connectivity index is 1.97. The minimum atomic E-state index is 0.100. The summed E-state index contributed by atoms with van der Waals surface area (Å²) in [6.45, 7) is 5.78. The first-order valence-electron chi connectivity index (χ1n) is 7.41. The first-order chi connectivity index (χ1) is 10.0. The number of hydrogen-bond acceptors (Lipinski definition) is 2. The number of fused-ring (bicyclic) bond motifs is 1. The summed E-state index contributed by atoms with van der Waals surface area (Å²) in [7, 11) is 0. The van der Waals surface area contributed by atoms with Crippen LogP contribution in [-0.2, 0) is 0 Å². The quantitative estimate of drug-likeness (QED) is 0.795. The highest BCUT2D eigenvalue weighted by molar-refractivity contribution is 6.31. The van der Waals surface area contributed by atoms with Gasteiger partial charge in [-0.1, -0.05) is 24.6 Å². The van der Waals surface area contributed by atoms with Crippen molar-refractivity contribution in [2.75, 3.05) is 13.1 Å². The molecular weight excluding hydrogens is 284 g/mol. The molecule has 1 saturated heterocycles. The van der Waals surface area contributed by atoms with Crippen molar-refractivity contribution in [2.24, 2.45) is 5.92 Å². The van der Waals surface area contributed by atoms with E-state index in [1.807, 2.05) is 36.1 Å². The van der Waals surface area contributed by atoms with Gasteiger partial charge >= 0.3 is 0 Å². The van der Waals surface area contributed by atoms with Crippen molar-refractivity contribution in [3.05, 3.63) is 40.5 Å². The fourth-order valence-corrected chi connectivity index (χ4v) is 3.16. The number of likely N-dealkylation sites (tertiary alicyclic amines) is 1. The summed E-state index contributed by atoms with van der Waals surface area (Å²) >= 11 is 6.00. The second-order valence-electron chi connectivity index (χ2n) is 5.96. The van der Waals surface area contributed by atoms with Crippen LogP contribution in [0.15, 0.2) is 24.3 Å². The first-order valence-corrected chi connectivity index (χ1v) is 7.78. The SMILES string of the molecule is Cc1nc2cc(Cl)ccc2cc1C(=O)N1CCCC(C)C1. The van der Waals surface area contributed by atoms with E-state index in [1.165, 1.54) is 6.42 Å². The number of benzene rings is 1. The monoisotopic (exact) mass is 302 g/mol. The molecule has 1 aliphatic rings. The van der Waals surface area contributed by atoms with Crippen LogP contribution in [0.5, 0.6) is 0 Å². The van der Waals surface area contributed by atoms with Crippen LogP contribution in [0, 0.1) is 12.8 Å². The van der Waals surface area contributed by atoms with Crippen molar-refractivity contribution < 1.29 is 4.79 Å². The third kappa shape index (κ3) is 2.88. The number of halogens is 1.